The number of carbonyl (C=O) groups is 2. The molecule has 2 aromatic heterocycles. The Labute approximate surface area is 201 Å². The van der Waals surface area contributed by atoms with E-state index in [-0.39, 0.29) is 12.0 Å². The summed E-state index contributed by atoms with van der Waals surface area (Å²) >= 11 is 11.1. The highest BCUT2D eigenvalue weighted by atomic mass is 35.5. The second-order valence-electron chi connectivity index (χ2n) is 6.97. The summed E-state index contributed by atoms with van der Waals surface area (Å²) in [6.45, 7) is 1.14. The van der Waals surface area contributed by atoms with Crippen LogP contribution in [0.4, 0.5) is 30.7 Å². The van der Waals surface area contributed by atoms with Gasteiger partial charge in [0.05, 0.1) is 22.2 Å². The molecule has 1 unspecified atom stereocenters. The van der Waals surface area contributed by atoms with Gasteiger partial charge in [0.2, 0.25) is 0 Å². The first-order chi connectivity index (χ1) is 16.1. The fraction of sp³-hybridized carbons (Fsp3) is 0.250. The van der Waals surface area contributed by atoms with Gasteiger partial charge in [-0.2, -0.15) is 26.3 Å². The van der Waals surface area contributed by atoms with Crippen molar-refractivity contribution in [3.8, 4) is 0 Å². The van der Waals surface area contributed by atoms with Crippen molar-refractivity contribution in [3.63, 3.8) is 0 Å². The minimum absolute atomic E-state index is 0.178. The van der Waals surface area contributed by atoms with E-state index in [4.69, 9.17) is 23.2 Å². The van der Waals surface area contributed by atoms with Crippen LogP contribution in [0.1, 0.15) is 45.1 Å². The molecule has 2 N–H and O–H groups in total. The molecule has 0 radical (unpaired) electrons. The number of ether oxygens (including phenoxy) is 1. The number of nitrogens with one attached hydrogen (secondary N) is 2. The van der Waals surface area contributed by atoms with Crippen LogP contribution < -0.4 is 5.32 Å². The van der Waals surface area contributed by atoms with Crippen LogP contribution >= 0.6 is 23.2 Å². The number of rotatable bonds is 5. The van der Waals surface area contributed by atoms with Crippen molar-refractivity contribution in [2.45, 2.75) is 25.3 Å². The van der Waals surface area contributed by atoms with Gasteiger partial charge in [-0.3, -0.25) is 4.79 Å². The summed E-state index contributed by atoms with van der Waals surface area (Å²) in [5, 5.41) is 0.0223. The molecular weight excluding hydrogens is 534 g/mol. The van der Waals surface area contributed by atoms with E-state index in [1.54, 1.807) is 5.32 Å². The van der Waals surface area contributed by atoms with E-state index >= 15 is 0 Å². The molecule has 1 amide bonds. The van der Waals surface area contributed by atoms with Gasteiger partial charge in [0.25, 0.3) is 5.91 Å². The highest BCUT2D eigenvalue weighted by molar-refractivity contribution is 6.35. The fourth-order valence-electron chi connectivity index (χ4n) is 3.07. The predicted molar refractivity (Wildman–Crippen MR) is 110 cm³/mol. The summed E-state index contributed by atoms with van der Waals surface area (Å²) in [7, 11) is 0. The average Bonchev–Trinajstić information content (AvgIpc) is 3.16. The Balaban J connectivity index is 2.03. The van der Waals surface area contributed by atoms with E-state index < -0.39 is 74.3 Å². The Hall–Kier alpha value is -3.06. The van der Waals surface area contributed by atoms with Crippen molar-refractivity contribution < 1.29 is 45.1 Å². The third-order valence-electron chi connectivity index (χ3n) is 4.56. The quantitative estimate of drug-likeness (QED) is 0.226. The number of nitrogens with zero attached hydrogens (tertiary/aromatic N) is 1. The second kappa shape index (κ2) is 9.53. The standard InChI is InChI=1S/C20H12Cl2F7N3O3/c1-2-35-18(34)9-3-8-6-12(30-16(8)31-15(9)20(27,28)29)17(33)32-14(19(24,25)26)7-4-10(21)13(23)11(22)5-7/h3-6,14H,2H2,1H3,(H,30,31)(H,32,33). The first kappa shape index (κ1) is 26.5. The molecule has 1 aromatic carbocycles. The number of alkyl halides is 6. The first-order valence-corrected chi connectivity index (χ1v) is 10.2. The number of halogens is 9. The zero-order valence-corrected chi connectivity index (χ0v) is 18.7. The molecule has 3 rings (SSSR count). The van der Waals surface area contributed by atoms with Gasteiger partial charge in [-0.05, 0) is 36.8 Å². The number of hydrogen-bond acceptors (Lipinski definition) is 4. The van der Waals surface area contributed by atoms with Crippen molar-refractivity contribution in [3.05, 3.63) is 62.6 Å². The van der Waals surface area contributed by atoms with Crippen LogP contribution in [-0.2, 0) is 10.9 Å². The van der Waals surface area contributed by atoms with Gasteiger partial charge in [0, 0.05) is 5.39 Å². The van der Waals surface area contributed by atoms with E-state index in [9.17, 15) is 40.3 Å². The number of carbonyl (C=O) groups excluding carboxylic acids is 2. The highest BCUT2D eigenvalue weighted by Crippen LogP contribution is 2.37. The maximum atomic E-state index is 13.7. The van der Waals surface area contributed by atoms with Crippen molar-refractivity contribution in [1.82, 2.24) is 15.3 Å². The van der Waals surface area contributed by atoms with E-state index in [2.05, 4.69) is 14.7 Å². The van der Waals surface area contributed by atoms with Crippen LogP contribution in [0.2, 0.25) is 10.0 Å². The number of pyridine rings is 1. The van der Waals surface area contributed by atoms with Gasteiger partial charge in [0.1, 0.15) is 11.3 Å². The van der Waals surface area contributed by atoms with E-state index in [1.807, 2.05) is 0 Å². The molecular formula is C20H12Cl2F7N3O3. The minimum Gasteiger partial charge on any atom is -0.462 e. The lowest BCUT2D eigenvalue weighted by Crippen LogP contribution is -2.38. The number of hydrogen-bond donors (Lipinski definition) is 2. The maximum Gasteiger partial charge on any atom is 0.434 e. The summed E-state index contributed by atoms with van der Waals surface area (Å²) < 4.78 is 99.3. The molecule has 188 valence electrons. The largest absolute Gasteiger partial charge is 0.462 e. The molecule has 2 heterocycles. The highest BCUT2D eigenvalue weighted by Gasteiger charge is 2.43. The SMILES string of the molecule is CCOC(=O)c1cc2cc(C(=O)NC(c3cc(Cl)c(F)c(Cl)c3)C(F)(F)F)[nH]c2nc1C(F)(F)F. The second-order valence-corrected chi connectivity index (χ2v) is 7.78. The van der Waals surface area contributed by atoms with E-state index in [0.717, 1.165) is 12.1 Å². The number of benzene rings is 1. The number of amides is 1. The zero-order valence-electron chi connectivity index (χ0n) is 17.2. The number of aromatic nitrogens is 2. The third kappa shape index (κ3) is 5.61. The summed E-state index contributed by atoms with van der Waals surface area (Å²) in [5.41, 5.74) is -4.37. The molecule has 6 nitrogen and oxygen atoms in total. The molecule has 0 aliphatic carbocycles. The number of fused-ring (bicyclic) bond motifs is 1. The van der Waals surface area contributed by atoms with Gasteiger partial charge in [-0.25, -0.2) is 14.2 Å². The molecule has 3 aromatic rings. The lowest BCUT2D eigenvalue weighted by Gasteiger charge is -2.22. The van der Waals surface area contributed by atoms with E-state index in [0.29, 0.717) is 12.1 Å². The van der Waals surface area contributed by atoms with Gasteiger partial charge in [-0.15, -0.1) is 0 Å². The molecule has 0 spiro atoms. The van der Waals surface area contributed by atoms with Crippen molar-refractivity contribution in [1.29, 1.82) is 0 Å². The number of aromatic amines is 1. The van der Waals surface area contributed by atoms with Gasteiger partial charge < -0.3 is 15.0 Å². The van der Waals surface area contributed by atoms with Crippen LogP contribution in [0, 0.1) is 5.82 Å². The molecule has 0 bridgehead atoms. The fourth-order valence-corrected chi connectivity index (χ4v) is 3.57. The molecule has 0 fully saturated rings. The minimum atomic E-state index is -5.09. The van der Waals surface area contributed by atoms with Crippen LogP contribution in [-0.4, -0.2) is 34.6 Å². The molecule has 0 saturated carbocycles. The predicted octanol–water partition coefficient (Wildman–Crippen LogP) is 6.24. The van der Waals surface area contributed by atoms with Crippen molar-refractivity contribution in [2.75, 3.05) is 6.61 Å². The van der Waals surface area contributed by atoms with Gasteiger partial charge in [-0.1, -0.05) is 23.2 Å². The zero-order chi connectivity index (χ0) is 26.3. The van der Waals surface area contributed by atoms with Gasteiger partial charge in [0.15, 0.2) is 17.6 Å². The maximum absolute atomic E-state index is 13.7. The third-order valence-corrected chi connectivity index (χ3v) is 5.11. The average molecular weight is 546 g/mol. The Bertz CT molecular complexity index is 1280. The molecule has 35 heavy (non-hydrogen) atoms. The monoisotopic (exact) mass is 545 g/mol. The normalized spacial score (nSPS) is 13.1. The van der Waals surface area contributed by atoms with Crippen LogP contribution in [0.25, 0.3) is 11.0 Å². The molecule has 0 aliphatic rings. The molecule has 15 heteroatoms. The Morgan fingerprint density at radius 2 is 1.69 bits per heavy atom. The van der Waals surface area contributed by atoms with Crippen LogP contribution in [0.3, 0.4) is 0 Å². The molecule has 0 aliphatic heterocycles. The van der Waals surface area contributed by atoms with Gasteiger partial charge >= 0.3 is 18.3 Å². The number of esters is 1. The summed E-state index contributed by atoms with van der Waals surface area (Å²) in [5.74, 6) is -3.89. The lowest BCUT2D eigenvalue weighted by molar-refractivity contribution is -0.155. The first-order valence-electron chi connectivity index (χ1n) is 9.43. The van der Waals surface area contributed by atoms with Crippen LogP contribution in [0.5, 0.6) is 0 Å². The molecule has 1 atom stereocenters. The smallest absolute Gasteiger partial charge is 0.434 e. The van der Waals surface area contributed by atoms with E-state index in [1.165, 1.54) is 6.92 Å². The summed E-state index contributed by atoms with van der Waals surface area (Å²) in [4.78, 5) is 30.0. The lowest BCUT2D eigenvalue weighted by atomic mass is 10.1. The van der Waals surface area contributed by atoms with Crippen LogP contribution in [0.15, 0.2) is 24.3 Å². The number of H-pyrrole nitrogens is 1. The molecule has 0 saturated heterocycles. The Morgan fingerprint density at radius 1 is 1.09 bits per heavy atom. The van der Waals surface area contributed by atoms with Crippen molar-refractivity contribution in [2.24, 2.45) is 0 Å². The Kier molecular flexibility index (Phi) is 7.23. The Morgan fingerprint density at radius 3 is 2.20 bits per heavy atom. The summed E-state index contributed by atoms with van der Waals surface area (Å²) in [6, 6.07) is 0.186. The topological polar surface area (TPSA) is 84.1 Å². The summed E-state index contributed by atoms with van der Waals surface area (Å²) in [6.07, 6.45) is -10.2. The van der Waals surface area contributed by atoms with Crippen molar-refractivity contribution >= 4 is 46.1 Å².